The Hall–Kier alpha value is -1.05. The lowest BCUT2D eigenvalue weighted by molar-refractivity contribution is -0.124. The Morgan fingerprint density at radius 2 is 1.90 bits per heavy atom. The molecule has 0 aromatic rings. The van der Waals surface area contributed by atoms with Crippen molar-refractivity contribution in [2.45, 2.75) is 52.0 Å². The topological polar surface area (TPSA) is 44.4 Å². The Labute approximate surface area is 130 Å². The SMILES string of the molecule is C#CC(CC)(CC)NC(=O)CN1CCC(CNCC)CC1. The summed E-state index contributed by atoms with van der Waals surface area (Å²) in [7, 11) is 0. The summed E-state index contributed by atoms with van der Waals surface area (Å²) in [6.45, 7) is 10.8. The predicted octanol–water partition coefficient (Wildman–Crippen LogP) is 1.62. The van der Waals surface area contributed by atoms with Gasteiger partial charge >= 0.3 is 0 Å². The van der Waals surface area contributed by atoms with Crippen LogP contribution >= 0.6 is 0 Å². The fourth-order valence-electron chi connectivity index (χ4n) is 2.87. The molecule has 1 aliphatic rings. The van der Waals surface area contributed by atoms with Gasteiger partial charge in [-0.15, -0.1) is 6.42 Å². The summed E-state index contributed by atoms with van der Waals surface area (Å²) in [4.78, 5) is 14.4. The van der Waals surface area contributed by atoms with Crippen LogP contribution in [0.15, 0.2) is 0 Å². The molecule has 1 aliphatic heterocycles. The number of carbonyl (C=O) groups is 1. The van der Waals surface area contributed by atoms with E-state index in [-0.39, 0.29) is 5.91 Å². The van der Waals surface area contributed by atoms with Crippen molar-refractivity contribution in [2.24, 2.45) is 5.92 Å². The van der Waals surface area contributed by atoms with Crippen LogP contribution in [0.1, 0.15) is 46.5 Å². The first kappa shape index (κ1) is 18.0. The second-order valence-corrected chi connectivity index (χ2v) is 6.01. The number of nitrogens with zero attached hydrogens (tertiary/aromatic N) is 1. The summed E-state index contributed by atoms with van der Waals surface area (Å²) in [5.41, 5.74) is -0.472. The van der Waals surface area contributed by atoms with E-state index in [9.17, 15) is 4.79 Å². The van der Waals surface area contributed by atoms with Crippen LogP contribution in [-0.4, -0.2) is 49.1 Å². The highest BCUT2D eigenvalue weighted by Crippen LogP contribution is 2.17. The zero-order chi connectivity index (χ0) is 15.7. The molecule has 1 heterocycles. The molecule has 0 spiro atoms. The molecule has 4 nitrogen and oxygen atoms in total. The third-order valence-corrected chi connectivity index (χ3v) is 4.62. The molecule has 120 valence electrons. The minimum Gasteiger partial charge on any atom is -0.339 e. The predicted molar refractivity (Wildman–Crippen MR) is 88.0 cm³/mol. The number of nitrogens with one attached hydrogen (secondary N) is 2. The molecule has 21 heavy (non-hydrogen) atoms. The minimum absolute atomic E-state index is 0.0572. The van der Waals surface area contributed by atoms with Crippen LogP contribution in [0.2, 0.25) is 0 Å². The summed E-state index contributed by atoms with van der Waals surface area (Å²) in [6, 6.07) is 0. The van der Waals surface area contributed by atoms with E-state index < -0.39 is 5.54 Å². The summed E-state index contributed by atoms with van der Waals surface area (Å²) in [5.74, 6) is 3.56. The molecule has 0 aromatic carbocycles. The Kier molecular flexibility index (Phi) is 7.77. The molecule has 0 atom stereocenters. The Morgan fingerprint density at radius 1 is 1.29 bits per heavy atom. The van der Waals surface area contributed by atoms with E-state index in [1.165, 1.54) is 12.8 Å². The monoisotopic (exact) mass is 293 g/mol. The fourth-order valence-corrected chi connectivity index (χ4v) is 2.87. The van der Waals surface area contributed by atoms with Gasteiger partial charge in [0.1, 0.15) is 5.54 Å². The summed E-state index contributed by atoms with van der Waals surface area (Å²) in [5, 5.41) is 6.45. The fraction of sp³-hybridized carbons (Fsp3) is 0.824. The number of amides is 1. The van der Waals surface area contributed by atoms with Crippen LogP contribution in [0.25, 0.3) is 0 Å². The molecule has 0 unspecified atom stereocenters. The molecule has 4 heteroatoms. The van der Waals surface area contributed by atoms with Gasteiger partial charge in [0.15, 0.2) is 0 Å². The van der Waals surface area contributed by atoms with Crippen molar-refractivity contribution in [2.75, 3.05) is 32.7 Å². The van der Waals surface area contributed by atoms with Gasteiger partial charge in [-0.25, -0.2) is 0 Å². The van der Waals surface area contributed by atoms with Crippen LogP contribution in [0.4, 0.5) is 0 Å². The van der Waals surface area contributed by atoms with E-state index in [1.54, 1.807) is 0 Å². The minimum atomic E-state index is -0.472. The maximum absolute atomic E-state index is 12.2. The summed E-state index contributed by atoms with van der Waals surface area (Å²) in [6.07, 6.45) is 9.48. The van der Waals surface area contributed by atoms with Crippen LogP contribution in [-0.2, 0) is 4.79 Å². The molecule has 1 rings (SSSR count). The van der Waals surface area contributed by atoms with Gasteiger partial charge in [0.2, 0.25) is 5.91 Å². The molecule has 0 radical (unpaired) electrons. The smallest absolute Gasteiger partial charge is 0.235 e. The van der Waals surface area contributed by atoms with Crippen molar-refractivity contribution in [3.05, 3.63) is 0 Å². The Morgan fingerprint density at radius 3 is 2.38 bits per heavy atom. The van der Waals surface area contributed by atoms with Crippen LogP contribution in [0.5, 0.6) is 0 Å². The molecule has 0 bridgehead atoms. The van der Waals surface area contributed by atoms with Gasteiger partial charge < -0.3 is 10.6 Å². The van der Waals surface area contributed by atoms with Crippen LogP contribution in [0.3, 0.4) is 0 Å². The molecule has 2 N–H and O–H groups in total. The second kappa shape index (κ2) is 9.07. The second-order valence-electron chi connectivity index (χ2n) is 6.01. The first-order valence-electron chi connectivity index (χ1n) is 8.31. The molecular formula is C17H31N3O. The average molecular weight is 293 g/mol. The third-order valence-electron chi connectivity index (χ3n) is 4.62. The zero-order valence-electron chi connectivity index (χ0n) is 13.9. The lowest BCUT2D eigenvalue weighted by atomic mass is 9.93. The normalized spacial score (nSPS) is 17.4. The highest BCUT2D eigenvalue weighted by molar-refractivity contribution is 5.79. The molecule has 1 fully saturated rings. The molecule has 0 aliphatic carbocycles. The van der Waals surface area contributed by atoms with Gasteiger partial charge in [-0.1, -0.05) is 26.7 Å². The lowest BCUT2D eigenvalue weighted by Gasteiger charge is -2.33. The summed E-state index contributed by atoms with van der Waals surface area (Å²) >= 11 is 0. The van der Waals surface area contributed by atoms with Gasteiger partial charge in [-0.2, -0.15) is 0 Å². The first-order valence-corrected chi connectivity index (χ1v) is 8.31. The number of hydrogen-bond donors (Lipinski definition) is 2. The van der Waals surface area contributed by atoms with Crippen LogP contribution < -0.4 is 10.6 Å². The lowest BCUT2D eigenvalue weighted by Crippen LogP contribution is -2.51. The average Bonchev–Trinajstić information content (AvgIpc) is 2.52. The number of rotatable bonds is 8. The third kappa shape index (κ3) is 5.68. The van der Waals surface area contributed by atoms with Gasteiger partial charge in [0.25, 0.3) is 0 Å². The van der Waals surface area contributed by atoms with E-state index in [0.717, 1.165) is 44.9 Å². The van der Waals surface area contributed by atoms with Crippen molar-refractivity contribution < 1.29 is 4.79 Å². The van der Waals surface area contributed by atoms with Crippen molar-refractivity contribution in [1.82, 2.24) is 15.5 Å². The Bertz CT molecular complexity index is 350. The first-order chi connectivity index (χ1) is 10.1. The maximum Gasteiger partial charge on any atom is 0.235 e. The van der Waals surface area contributed by atoms with Crippen molar-refractivity contribution in [1.29, 1.82) is 0 Å². The largest absolute Gasteiger partial charge is 0.339 e. The Balaban J connectivity index is 2.35. The summed E-state index contributed by atoms with van der Waals surface area (Å²) < 4.78 is 0. The van der Waals surface area contributed by atoms with E-state index in [1.807, 2.05) is 13.8 Å². The number of terminal acetylenes is 1. The van der Waals surface area contributed by atoms with Gasteiger partial charge in [-0.05, 0) is 57.8 Å². The molecule has 1 saturated heterocycles. The maximum atomic E-state index is 12.2. The van der Waals surface area contributed by atoms with E-state index >= 15 is 0 Å². The number of likely N-dealkylation sites (tertiary alicyclic amines) is 1. The van der Waals surface area contributed by atoms with Gasteiger partial charge in [-0.3, -0.25) is 9.69 Å². The quantitative estimate of drug-likeness (QED) is 0.668. The van der Waals surface area contributed by atoms with E-state index in [2.05, 4.69) is 28.4 Å². The highest BCUT2D eigenvalue weighted by atomic mass is 16.2. The van der Waals surface area contributed by atoms with Crippen molar-refractivity contribution in [3.8, 4) is 12.3 Å². The number of carbonyl (C=O) groups excluding carboxylic acids is 1. The van der Waals surface area contributed by atoms with Gasteiger partial charge in [0, 0.05) is 0 Å². The van der Waals surface area contributed by atoms with E-state index in [0.29, 0.717) is 6.54 Å². The molecular weight excluding hydrogens is 262 g/mol. The van der Waals surface area contributed by atoms with Crippen molar-refractivity contribution >= 4 is 5.91 Å². The van der Waals surface area contributed by atoms with E-state index in [4.69, 9.17) is 6.42 Å². The van der Waals surface area contributed by atoms with Gasteiger partial charge in [0.05, 0.1) is 6.54 Å². The van der Waals surface area contributed by atoms with Crippen molar-refractivity contribution in [3.63, 3.8) is 0 Å². The van der Waals surface area contributed by atoms with Crippen LogP contribution in [0, 0.1) is 18.3 Å². The zero-order valence-corrected chi connectivity index (χ0v) is 13.9. The highest BCUT2D eigenvalue weighted by Gasteiger charge is 2.27. The number of piperidine rings is 1. The number of hydrogen-bond acceptors (Lipinski definition) is 3. The standard InChI is InChI=1S/C17H31N3O/c1-5-17(6-2,7-3)19-16(21)14-20-11-9-15(10-12-20)13-18-8-4/h1,15,18H,6-14H2,2-4H3,(H,19,21). The molecule has 0 saturated carbocycles. The molecule has 0 aromatic heterocycles. The molecule has 1 amide bonds.